The van der Waals surface area contributed by atoms with Crippen LogP contribution in [0.4, 0.5) is 0 Å². The van der Waals surface area contributed by atoms with Crippen molar-refractivity contribution in [1.29, 1.82) is 0 Å². The van der Waals surface area contributed by atoms with E-state index in [2.05, 4.69) is 27.8 Å². The van der Waals surface area contributed by atoms with Crippen molar-refractivity contribution >= 4 is 39.8 Å². The number of rotatable bonds is 9. The highest BCUT2D eigenvalue weighted by Crippen LogP contribution is 2.35. The quantitative estimate of drug-likeness (QED) is 0.278. The van der Waals surface area contributed by atoms with Crippen LogP contribution in [0.15, 0.2) is 29.3 Å². The lowest BCUT2D eigenvalue weighted by atomic mass is 9.74. The number of sulfone groups is 1. The molecule has 0 bridgehead atoms. The van der Waals surface area contributed by atoms with Gasteiger partial charge in [-0.2, -0.15) is 0 Å². The van der Waals surface area contributed by atoms with Crippen LogP contribution in [0.5, 0.6) is 5.75 Å². The Labute approximate surface area is 198 Å². The van der Waals surface area contributed by atoms with Gasteiger partial charge < -0.3 is 20.1 Å². The van der Waals surface area contributed by atoms with E-state index in [1.54, 1.807) is 7.05 Å². The minimum atomic E-state index is -2.97. The smallest absolute Gasteiger partial charge is 0.191 e. The molecule has 0 radical (unpaired) electrons. The number of guanidine groups is 1. The van der Waals surface area contributed by atoms with Gasteiger partial charge in [0.25, 0.3) is 0 Å². The first kappa shape index (κ1) is 27.0. The van der Waals surface area contributed by atoms with Gasteiger partial charge in [0.1, 0.15) is 15.6 Å². The fraction of sp³-hybridized carbons (Fsp3) is 0.667. The third kappa shape index (κ3) is 8.58. The van der Waals surface area contributed by atoms with E-state index in [9.17, 15) is 8.42 Å². The Balaban J connectivity index is 0.00000450. The van der Waals surface area contributed by atoms with Gasteiger partial charge in [-0.1, -0.05) is 12.1 Å². The van der Waals surface area contributed by atoms with Crippen LogP contribution in [0.3, 0.4) is 0 Å². The summed E-state index contributed by atoms with van der Waals surface area (Å²) in [5, 5.41) is 6.75. The molecule has 1 aliphatic rings. The number of hydrogen-bond acceptors (Lipinski definition) is 5. The highest BCUT2D eigenvalue weighted by molar-refractivity contribution is 14.0. The SMILES string of the molecule is CCOc1ccc(C2(CNC(=NC)NC(C)CCS(C)(=O)=O)CCOCC2)cc1.I. The van der Waals surface area contributed by atoms with Crippen LogP contribution in [-0.2, 0) is 20.0 Å². The average molecular weight is 554 g/mol. The molecule has 0 aromatic heterocycles. The minimum absolute atomic E-state index is 0. The van der Waals surface area contributed by atoms with Gasteiger partial charge in [0.15, 0.2) is 5.96 Å². The first-order valence-electron chi connectivity index (χ1n) is 10.2. The molecule has 1 saturated heterocycles. The van der Waals surface area contributed by atoms with Gasteiger partial charge in [0, 0.05) is 44.5 Å². The van der Waals surface area contributed by atoms with Crippen molar-refractivity contribution in [1.82, 2.24) is 10.6 Å². The fourth-order valence-corrected chi connectivity index (χ4v) is 4.33. The van der Waals surface area contributed by atoms with Crippen LogP contribution in [0, 0.1) is 0 Å². The van der Waals surface area contributed by atoms with Crippen molar-refractivity contribution in [3.05, 3.63) is 29.8 Å². The van der Waals surface area contributed by atoms with Crippen molar-refractivity contribution in [2.45, 2.75) is 44.6 Å². The molecule has 2 rings (SSSR count). The van der Waals surface area contributed by atoms with Gasteiger partial charge in [0.2, 0.25) is 0 Å². The zero-order chi connectivity index (χ0) is 21.3. The summed E-state index contributed by atoms with van der Waals surface area (Å²) in [6.07, 6.45) is 3.65. The lowest BCUT2D eigenvalue weighted by molar-refractivity contribution is 0.0513. The summed E-state index contributed by atoms with van der Waals surface area (Å²) in [6, 6.07) is 8.34. The molecular formula is C21H36IN3O4S. The molecule has 2 N–H and O–H groups in total. The second-order valence-electron chi connectivity index (χ2n) is 7.74. The van der Waals surface area contributed by atoms with E-state index in [4.69, 9.17) is 9.47 Å². The molecule has 1 atom stereocenters. The number of aliphatic imine (C=N–C) groups is 1. The van der Waals surface area contributed by atoms with Crippen LogP contribution < -0.4 is 15.4 Å². The molecule has 1 heterocycles. The summed E-state index contributed by atoms with van der Waals surface area (Å²) in [4.78, 5) is 4.31. The second kappa shape index (κ2) is 12.7. The molecule has 0 aliphatic carbocycles. The third-order valence-corrected chi connectivity index (χ3v) is 6.33. The first-order chi connectivity index (χ1) is 13.8. The van der Waals surface area contributed by atoms with Crippen LogP contribution in [0.25, 0.3) is 0 Å². The van der Waals surface area contributed by atoms with Gasteiger partial charge in [-0.15, -0.1) is 24.0 Å². The lowest BCUT2D eigenvalue weighted by Crippen LogP contribution is -2.49. The van der Waals surface area contributed by atoms with E-state index in [0.29, 0.717) is 19.0 Å². The van der Waals surface area contributed by atoms with Crippen molar-refractivity contribution in [2.24, 2.45) is 4.99 Å². The van der Waals surface area contributed by atoms with E-state index >= 15 is 0 Å². The maximum Gasteiger partial charge on any atom is 0.191 e. The molecule has 1 aliphatic heterocycles. The lowest BCUT2D eigenvalue weighted by Gasteiger charge is -2.38. The zero-order valence-corrected chi connectivity index (χ0v) is 21.6. The average Bonchev–Trinajstić information content (AvgIpc) is 2.70. The Hall–Kier alpha value is -1.07. The molecule has 1 unspecified atom stereocenters. The topological polar surface area (TPSA) is 89.0 Å². The Morgan fingerprint density at radius 2 is 1.90 bits per heavy atom. The number of benzene rings is 1. The molecule has 0 amide bonds. The summed E-state index contributed by atoms with van der Waals surface area (Å²) in [7, 11) is -1.24. The van der Waals surface area contributed by atoms with E-state index in [0.717, 1.165) is 38.3 Å². The molecular weight excluding hydrogens is 517 g/mol. The number of nitrogens with zero attached hydrogens (tertiary/aromatic N) is 1. The van der Waals surface area contributed by atoms with E-state index < -0.39 is 9.84 Å². The second-order valence-corrected chi connectivity index (χ2v) is 10.00. The van der Waals surface area contributed by atoms with Gasteiger partial charge in [-0.05, 0) is 50.8 Å². The Bertz CT molecular complexity index is 763. The highest BCUT2D eigenvalue weighted by Gasteiger charge is 2.34. The van der Waals surface area contributed by atoms with Crippen LogP contribution in [-0.4, -0.2) is 65.8 Å². The van der Waals surface area contributed by atoms with Gasteiger partial charge >= 0.3 is 0 Å². The zero-order valence-electron chi connectivity index (χ0n) is 18.4. The molecule has 9 heteroatoms. The normalized spacial score (nSPS) is 17.5. The van der Waals surface area contributed by atoms with Gasteiger partial charge in [-0.25, -0.2) is 8.42 Å². The summed E-state index contributed by atoms with van der Waals surface area (Å²) in [5.74, 6) is 1.72. The van der Waals surface area contributed by atoms with Gasteiger partial charge in [-0.3, -0.25) is 4.99 Å². The molecule has 1 fully saturated rings. The molecule has 1 aromatic carbocycles. The predicted octanol–water partition coefficient (Wildman–Crippen LogP) is 2.74. The Kier molecular flexibility index (Phi) is 11.4. The van der Waals surface area contributed by atoms with Crippen LogP contribution >= 0.6 is 24.0 Å². The maximum atomic E-state index is 11.4. The molecule has 0 spiro atoms. The molecule has 7 nitrogen and oxygen atoms in total. The van der Waals surface area contributed by atoms with E-state index in [1.807, 2.05) is 26.0 Å². The van der Waals surface area contributed by atoms with E-state index in [-0.39, 0.29) is 41.2 Å². The van der Waals surface area contributed by atoms with Gasteiger partial charge in [0.05, 0.1) is 12.4 Å². The van der Waals surface area contributed by atoms with E-state index in [1.165, 1.54) is 11.8 Å². The Morgan fingerprint density at radius 3 is 2.43 bits per heavy atom. The third-order valence-electron chi connectivity index (χ3n) is 5.35. The van der Waals surface area contributed by atoms with Crippen LogP contribution in [0.1, 0.15) is 38.7 Å². The standard InChI is InChI=1S/C21H35N3O4S.HI/c1-5-28-19-8-6-18(7-9-19)21(11-13-27-14-12-21)16-23-20(22-3)24-17(2)10-15-29(4,25)26;/h6-9,17H,5,10-16H2,1-4H3,(H2,22,23,24);1H. The molecule has 172 valence electrons. The maximum absolute atomic E-state index is 11.4. The molecule has 0 saturated carbocycles. The summed E-state index contributed by atoms with van der Waals surface area (Å²) in [6.45, 7) is 6.78. The van der Waals surface area contributed by atoms with Crippen molar-refractivity contribution < 1.29 is 17.9 Å². The molecule has 30 heavy (non-hydrogen) atoms. The summed E-state index contributed by atoms with van der Waals surface area (Å²) >= 11 is 0. The Morgan fingerprint density at radius 1 is 1.27 bits per heavy atom. The number of halogens is 1. The van der Waals surface area contributed by atoms with Crippen molar-refractivity contribution in [3.8, 4) is 5.75 Å². The highest BCUT2D eigenvalue weighted by atomic mass is 127. The number of hydrogen-bond donors (Lipinski definition) is 2. The van der Waals surface area contributed by atoms with Crippen molar-refractivity contribution in [2.75, 3.05) is 45.4 Å². The number of ether oxygens (including phenoxy) is 2. The predicted molar refractivity (Wildman–Crippen MR) is 133 cm³/mol. The molecule has 1 aromatic rings. The number of nitrogens with one attached hydrogen (secondary N) is 2. The summed E-state index contributed by atoms with van der Waals surface area (Å²) in [5.41, 5.74) is 1.22. The largest absolute Gasteiger partial charge is 0.494 e. The first-order valence-corrected chi connectivity index (χ1v) is 12.3. The minimum Gasteiger partial charge on any atom is -0.494 e. The fourth-order valence-electron chi connectivity index (χ4n) is 3.55. The monoisotopic (exact) mass is 553 g/mol. The van der Waals surface area contributed by atoms with Crippen molar-refractivity contribution in [3.63, 3.8) is 0 Å². The van der Waals surface area contributed by atoms with Crippen LogP contribution in [0.2, 0.25) is 0 Å². The summed E-state index contributed by atoms with van der Waals surface area (Å²) < 4.78 is 34.0.